The molecule has 3 aromatic rings. The number of aliphatic imine (C=N–C) groups is 1. The highest BCUT2D eigenvalue weighted by Crippen LogP contribution is 2.29. The molecule has 0 aliphatic heterocycles. The number of hydrogen-bond acceptors (Lipinski definition) is 6. The van der Waals surface area contributed by atoms with E-state index in [1.807, 2.05) is 26.8 Å². The van der Waals surface area contributed by atoms with Crippen molar-refractivity contribution in [3.05, 3.63) is 93.2 Å². The lowest BCUT2D eigenvalue weighted by atomic mass is 10.0. The molecule has 32 heavy (non-hydrogen) atoms. The number of pyridine rings is 1. The van der Waals surface area contributed by atoms with Crippen molar-refractivity contribution in [3.63, 3.8) is 0 Å². The van der Waals surface area contributed by atoms with Gasteiger partial charge in [-0.25, -0.2) is 9.78 Å². The Morgan fingerprint density at radius 3 is 2.75 bits per heavy atom. The second kappa shape index (κ2) is 9.62. The van der Waals surface area contributed by atoms with Crippen molar-refractivity contribution >= 4 is 39.9 Å². The Labute approximate surface area is 189 Å². The van der Waals surface area contributed by atoms with Crippen LogP contribution in [0, 0.1) is 6.92 Å². The predicted octanol–water partition coefficient (Wildman–Crippen LogP) is 5.53. The molecule has 0 spiro atoms. The molecule has 0 aliphatic rings. The van der Waals surface area contributed by atoms with Gasteiger partial charge in [0, 0.05) is 17.8 Å². The van der Waals surface area contributed by atoms with Crippen LogP contribution in [0.2, 0.25) is 5.15 Å². The second-order valence-electron chi connectivity index (χ2n) is 7.11. The molecule has 0 amide bonds. The standard InChI is InChI=1S/C24H22ClN3O4/c1-5-9-26-17(6-2)20-12-19(29)16-11-13(3)10-15(23(16)32-20)14(4)27-18-7-8-21(25)28-22(18)24(30)31/h5-12,14,27H,2H2,1,3-4H3,(H,30,31)/b9-5-,26-17+. The van der Waals surface area contributed by atoms with Crippen molar-refractivity contribution in [1.29, 1.82) is 0 Å². The molecule has 0 aliphatic carbocycles. The summed E-state index contributed by atoms with van der Waals surface area (Å²) in [6.07, 6.45) is 4.85. The third-order valence-corrected chi connectivity index (χ3v) is 4.92. The smallest absolute Gasteiger partial charge is 0.356 e. The largest absolute Gasteiger partial charge is 0.476 e. The van der Waals surface area contributed by atoms with E-state index in [1.54, 1.807) is 24.4 Å². The van der Waals surface area contributed by atoms with Gasteiger partial charge in [0.1, 0.15) is 16.4 Å². The molecule has 2 heterocycles. The third kappa shape index (κ3) is 4.78. The Balaban J connectivity index is 2.17. The maximum Gasteiger partial charge on any atom is 0.356 e. The lowest BCUT2D eigenvalue weighted by Crippen LogP contribution is -2.14. The molecule has 7 nitrogen and oxygen atoms in total. The molecular weight excluding hydrogens is 430 g/mol. The van der Waals surface area contributed by atoms with Gasteiger partial charge in [0.05, 0.1) is 17.1 Å². The zero-order chi connectivity index (χ0) is 23.4. The summed E-state index contributed by atoms with van der Waals surface area (Å²) in [5, 5.41) is 13.1. The summed E-state index contributed by atoms with van der Waals surface area (Å²) in [4.78, 5) is 32.6. The van der Waals surface area contributed by atoms with Crippen molar-refractivity contribution in [3.8, 4) is 0 Å². The molecular formula is C24H22ClN3O4. The fourth-order valence-corrected chi connectivity index (χ4v) is 3.43. The van der Waals surface area contributed by atoms with Crippen LogP contribution in [0.5, 0.6) is 0 Å². The number of allylic oxidation sites excluding steroid dienone is 2. The van der Waals surface area contributed by atoms with Gasteiger partial charge in [-0.3, -0.25) is 9.79 Å². The maximum absolute atomic E-state index is 12.9. The molecule has 164 valence electrons. The number of anilines is 1. The molecule has 0 bridgehead atoms. The number of rotatable bonds is 7. The number of hydrogen-bond donors (Lipinski definition) is 2. The normalized spacial score (nSPS) is 12.8. The van der Waals surface area contributed by atoms with Gasteiger partial charge in [-0.1, -0.05) is 30.3 Å². The highest BCUT2D eigenvalue weighted by atomic mass is 35.5. The Bertz CT molecular complexity index is 1320. The van der Waals surface area contributed by atoms with Crippen molar-refractivity contribution in [1.82, 2.24) is 4.98 Å². The summed E-state index contributed by atoms with van der Waals surface area (Å²) < 4.78 is 6.11. The highest BCUT2D eigenvalue weighted by molar-refractivity contribution is 6.29. The number of carboxylic acids is 1. The molecule has 2 aromatic heterocycles. The summed E-state index contributed by atoms with van der Waals surface area (Å²) in [6, 6.07) is 7.66. The fraction of sp³-hybridized carbons (Fsp3) is 0.167. The minimum atomic E-state index is -1.21. The highest BCUT2D eigenvalue weighted by Gasteiger charge is 2.19. The van der Waals surface area contributed by atoms with Gasteiger partial charge in [-0.05, 0) is 50.6 Å². The number of carboxylic acid groups (broad SMARTS) is 1. The number of nitrogens with zero attached hydrogens (tertiary/aromatic N) is 2. The second-order valence-corrected chi connectivity index (χ2v) is 7.50. The van der Waals surface area contributed by atoms with Crippen molar-refractivity contribution in [2.24, 2.45) is 4.99 Å². The van der Waals surface area contributed by atoms with Crippen molar-refractivity contribution < 1.29 is 14.3 Å². The van der Waals surface area contributed by atoms with Gasteiger partial charge in [0.2, 0.25) is 0 Å². The Morgan fingerprint density at radius 1 is 1.34 bits per heavy atom. The van der Waals surface area contributed by atoms with Crippen LogP contribution in [0.4, 0.5) is 5.69 Å². The molecule has 3 rings (SSSR count). The molecule has 0 saturated heterocycles. The van der Waals surface area contributed by atoms with Gasteiger partial charge in [-0.2, -0.15) is 0 Å². The van der Waals surface area contributed by atoms with Crippen LogP contribution >= 0.6 is 11.6 Å². The third-order valence-electron chi connectivity index (χ3n) is 4.71. The molecule has 1 unspecified atom stereocenters. The molecule has 0 fully saturated rings. The monoisotopic (exact) mass is 451 g/mol. The van der Waals surface area contributed by atoms with Gasteiger partial charge >= 0.3 is 5.97 Å². The quantitative estimate of drug-likeness (QED) is 0.361. The average Bonchev–Trinajstić information content (AvgIpc) is 2.75. The summed E-state index contributed by atoms with van der Waals surface area (Å²) in [5.41, 5.74) is 2.23. The number of fused-ring (bicyclic) bond motifs is 1. The number of aromatic nitrogens is 1. The number of nitrogens with one attached hydrogen (secondary N) is 1. The average molecular weight is 452 g/mol. The van der Waals surface area contributed by atoms with E-state index in [0.717, 1.165) is 5.56 Å². The fourth-order valence-electron chi connectivity index (χ4n) is 3.28. The van der Waals surface area contributed by atoms with E-state index in [9.17, 15) is 14.7 Å². The first-order valence-corrected chi connectivity index (χ1v) is 10.2. The Morgan fingerprint density at radius 2 is 2.09 bits per heavy atom. The van der Waals surface area contributed by atoms with E-state index in [1.165, 1.54) is 18.2 Å². The predicted molar refractivity (Wildman–Crippen MR) is 127 cm³/mol. The number of benzene rings is 1. The molecule has 0 radical (unpaired) electrons. The summed E-state index contributed by atoms with van der Waals surface area (Å²) >= 11 is 5.85. The van der Waals surface area contributed by atoms with E-state index < -0.39 is 12.0 Å². The summed E-state index contributed by atoms with van der Waals surface area (Å²) in [7, 11) is 0. The zero-order valence-corrected chi connectivity index (χ0v) is 18.6. The van der Waals surface area contributed by atoms with E-state index in [0.29, 0.717) is 27.9 Å². The first-order valence-electron chi connectivity index (χ1n) is 9.81. The molecule has 0 saturated carbocycles. The van der Waals surface area contributed by atoms with E-state index in [2.05, 4.69) is 21.9 Å². The number of carbonyl (C=O) groups is 1. The molecule has 2 N–H and O–H groups in total. The molecule has 1 atom stereocenters. The zero-order valence-electron chi connectivity index (χ0n) is 17.8. The van der Waals surface area contributed by atoms with Crippen LogP contribution in [0.25, 0.3) is 11.0 Å². The van der Waals surface area contributed by atoms with Gasteiger partial charge in [0.15, 0.2) is 16.9 Å². The number of aryl methyl sites for hydroxylation is 1. The van der Waals surface area contributed by atoms with E-state index in [4.69, 9.17) is 16.0 Å². The van der Waals surface area contributed by atoms with Gasteiger partial charge in [0.25, 0.3) is 0 Å². The van der Waals surface area contributed by atoms with Crippen LogP contribution in [-0.2, 0) is 0 Å². The summed E-state index contributed by atoms with van der Waals surface area (Å²) in [6.45, 7) is 9.28. The number of aromatic carboxylic acids is 1. The van der Waals surface area contributed by atoms with Crippen LogP contribution < -0.4 is 10.7 Å². The van der Waals surface area contributed by atoms with Crippen LogP contribution in [0.3, 0.4) is 0 Å². The Kier molecular flexibility index (Phi) is 6.90. The summed E-state index contributed by atoms with van der Waals surface area (Å²) in [5.74, 6) is -0.923. The van der Waals surface area contributed by atoms with Crippen LogP contribution in [0.15, 0.2) is 69.5 Å². The minimum absolute atomic E-state index is 0.0783. The topological polar surface area (TPSA) is 105 Å². The van der Waals surface area contributed by atoms with Gasteiger partial charge < -0.3 is 14.8 Å². The number of halogens is 1. The first-order chi connectivity index (χ1) is 15.2. The molecule has 8 heteroatoms. The van der Waals surface area contributed by atoms with Crippen molar-refractivity contribution in [2.75, 3.05) is 5.32 Å². The Hall–Kier alpha value is -3.71. The minimum Gasteiger partial charge on any atom is -0.476 e. The van der Waals surface area contributed by atoms with Crippen molar-refractivity contribution in [2.45, 2.75) is 26.8 Å². The SMILES string of the molecule is C=C/C(=N\C=C/C)c1cc(=O)c2cc(C)cc(C(C)Nc3ccc(Cl)nc3C(=O)O)c2o1. The lowest BCUT2D eigenvalue weighted by Gasteiger charge is -2.19. The lowest BCUT2D eigenvalue weighted by molar-refractivity contribution is 0.0691. The first kappa shape index (κ1) is 23.0. The van der Waals surface area contributed by atoms with Crippen LogP contribution in [-0.4, -0.2) is 21.8 Å². The van der Waals surface area contributed by atoms with E-state index >= 15 is 0 Å². The van der Waals surface area contributed by atoms with E-state index in [-0.39, 0.29) is 22.0 Å². The maximum atomic E-state index is 12.9. The molecule has 1 aromatic carbocycles. The van der Waals surface area contributed by atoms with Gasteiger partial charge in [-0.15, -0.1) is 0 Å². The van der Waals surface area contributed by atoms with Crippen LogP contribution in [0.1, 0.15) is 47.3 Å².